The van der Waals surface area contributed by atoms with Gasteiger partial charge in [0.15, 0.2) is 5.78 Å². The summed E-state index contributed by atoms with van der Waals surface area (Å²) in [6.07, 6.45) is 2.60. The zero-order valence-corrected chi connectivity index (χ0v) is 12.5. The van der Waals surface area contributed by atoms with E-state index in [2.05, 4.69) is 15.9 Å². The number of benzene rings is 1. The lowest BCUT2D eigenvalue weighted by atomic mass is 10.00. The summed E-state index contributed by atoms with van der Waals surface area (Å²) in [5.74, 6) is 0.722. The minimum Gasteiger partial charge on any atom is -0.492 e. The number of hydrogen-bond acceptors (Lipinski definition) is 3. The fourth-order valence-electron chi connectivity index (χ4n) is 2.06. The highest BCUT2D eigenvalue weighted by Gasteiger charge is 2.21. The maximum atomic E-state index is 12.5. The summed E-state index contributed by atoms with van der Waals surface area (Å²) >= 11 is 5.02. The van der Waals surface area contributed by atoms with E-state index >= 15 is 0 Å². The summed E-state index contributed by atoms with van der Waals surface area (Å²) in [5.41, 5.74) is 2.52. The molecule has 0 fully saturated rings. The number of fused-ring (bicyclic) bond motifs is 1. The first-order chi connectivity index (χ1) is 9.24. The monoisotopic (exact) mass is 334 g/mol. The average molecular weight is 335 g/mol. The molecule has 1 aromatic heterocycles. The van der Waals surface area contributed by atoms with Crippen LogP contribution in [0.25, 0.3) is 6.08 Å². The molecule has 1 aromatic carbocycles. The molecule has 1 aliphatic heterocycles. The number of ketones is 1. The van der Waals surface area contributed by atoms with Crippen molar-refractivity contribution in [2.24, 2.45) is 0 Å². The zero-order chi connectivity index (χ0) is 13.2. The summed E-state index contributed by atoms with van der Waals surface area (Å²) in [4.78, 5) is 12.5. The maximum absolute atomic E-state index is 12.5. The third kappa shape index (κ3) is 2.65. The van der Waals surface area contributed by atoms with Gasteiger partial charge < -0.3 is 4.74 Å². The van der Waals surface area contributed by atoms with Gasteiger partial charge in [0.2, 0.25) is 0 Å². The summed E-state index contributed by atoms with van der Waals surface area (Å²) < 4.78 is 6.58. The smallest absolute Gasteiger partial charge is 0.192 e. The van der Waals surface area contributed by atoms with Crippen LogP contribution < -0.4 is 4.74 Å². The van der Waals surface area contributed by atoms with Gasteiger partial charge in [-0.3, -0.25) is 4.79 Å². The molecule has 0 saturated carbocycles. The lowest BCUT2D eigenvalue weighted by Crippen LogP contribution is -2.01. The van der Waals surface area contributed by atoms with Gasteiger partial charge >= 0.3 is 0 Å². The van der Waals surface area contributed by atoms with Crippen molar-refractivity contribution in [1.82, 2.24) is 0 Å². The lowest BCUT2D eigenvalue weighted by Gasteiger charge is -2.05. The summed E-state index contributed by atoms with van der Waals surface area (Å²) in [6, 6.07) is 7.54. The molecule has 3 rings (SSSR count). The van der Waals surface area contributed by atoms with E-state index in [1.165, 1.54) is 0 Å². The predicted molar refractivity (Wildman–Crippen MR) is 80.9 cm³/mol. The third-order valence-corrected chi connectivity index (χ3v) is 4.19. The number of thiophene rings is 1. The first-order valence-electron chi connectivity index (χ1n) is 5.94. The highest BCUT2D eigenvalue weighted by atomic mass is 79.9. The second kappa shape index (κ2) is 5.31. The first-order valence-corrected chi connectivity index (χ1v) is 7.67. The largest absolute Gasteiger partial charge is 0.492 e. The first kappa shape index (κ1) is 12.6. The molecule has 2 aromatic rings. The quantitative estimate of drug-likeness (QED) is 0.714. The van der Waals surface area contributed by atoms with E-state index < -0.39 is 0 Å². The molecule has 2 nitrogen and oxygen atoms in total. The van der Waals surface area contributed by atoms with Crippen LogP contribution in [0.3, 0.4) is 0 Å². The molecule has 1 aliphatic rings. The van der Waals surface area contributed by atoms with Crippen molar-refractivity contribution in [3.63, 3.8) is 0 Å². The second-order valence-corrected chi connectivity index (χ2v) is 5.99. The Morgan fingerprint density at radius 1 is 1.32 bits per heavy atom. The molecule has 0 atom stereocenters. The Hall–Kier alpha value is -1.39. The van der Waals surface area contributed by atoms with Gasteiger partial charge in [0, 0.05) is 16.5 Å². The summed E-state index contributed by atoms with van der Waals surface area (Å²) in [5, 5.41) is 4.05. The van der Waals surface area contributed by atoms with Crippen molar-refractivity contribution >= 4 is 39.1 Å². The van der Waals surface area contributed by atoms with Gasteiger partial charge in [-0.15, -0.1) is 0 Å². The molecule has 2 heterocycles. The van der Waals surface area contributed by atoms with Gasteiger partial charge in [0.05, 0.1) is 12.2 Å². The molecular formula is C15H11BrO2S. The SMILES string of the molecule is O=C1/C(=C\c2ccsc2)CCOc2cc(Br)ccc21. The van der Waals surface area contributed by atoms with Crippen LogP contribution in [0.15, 0.2) is 45.1 Å². The van der Waals surface area contributed by atoms with E-state index in [9.17, 15) is 4.79 Å². The van der Waals surface area contributed by atoms with E-state index in [0.29, 0.717) is 24.3 Å². The Morgan fingerprint density at radius 2 is 2.21 bits per heavy atom. The van der Waals surface area contributed by atoms with Gasteiger partial charge in [0.1, 0.15) is 5.75 Å². The number of carbonyl (C=O) groups is 1. The number of carbonyl (C=O) groups excluding carboxylic acids is 1. The standard InChI is InChI=1S/C15H11BrO2S/c16-12-1-2-13-14(8-12)18-5-3-11(15(13)17)7-10-4-6-19-9-10/h1-2,4,6-9H,3,5H2/b11-7-. The van der Waals surface area contributed by atoms with Crippen LogP contribution in [0.2, 0.25) is 0 Å². The van der Waals surface area contributed by atoms with Gasteiger partial charge in [0.25, 0.3) is 0 Å². The molecule has 0 unspecified atom stereocenters. The Labute approximate surface area is 123 Å². The molecule has 19 heavy (non-hydrogen) atoms. The molecule has 0 aliphatic carbocycles. The Kier molecular flexibility index (Phi) is 3.53. The highest BCUT2D eigenvalue weighted by molar-refractivity contribution is 9.10. The fraction of sp³-hybridized carbons (Fsp3) is 0.133. The summed E-state index contributed by atoms with van der Waals surface area (Å²) in [7, 11) is 0. The molecule has 0 amide bonds. The van der Waals surface area contributed by atoms with Gasteiger partial charge in [-0.05, 0) is 46.7 Å². The van der Waals surface area contributed by atoms with Gasteiger partial charge in [-0.25, -0.2) is 0 Å². The van der Waals surface area contributed by atoms with E-state index in [1.54, 1.807) is 11.3 Å². The average Bonchev–Trinajstić information content (AvgIpc) is 2.85. The molecule has 0 N–H and O–H groups in total. The van der Waals surface area contributed by atoms with Crippen LogP contribution in [0.4, 0.5) is 0 Å². The van der Waals surface area contributed by atoms with Gasteiger partial charge in [-0.1, -0.05) is 15.9 Å². The predicted octanol–water partition coefficient (Wildman–Crippen LogP) is 4.56. The Bertz CT molecular complexity index is 644. The normalized spacial score (nSPS) is 16.9. The maximum Gasteiger partial charge on any atom is 0.192 e. The highest BCUT2D eigenvalue weighted by Crippen LogP contribution is 2.30. The number of halogens is 1. The van der Waals surface area contributed by atoms with Crippen LogP contribution in [-0.2, 0) is 0 Å². The Morgan fingerprint density at radius 3 is 3.00 bits per heavy atom. The van der Waals surface area contributed by atoms with Crippen LogP contribution >= 0.6 is 27.3 Å². The van der Waals surface area contributed by atoms with Crippen LogP contribution in [0, 0.1) is 0 Å². The minimum atomic E-state index is 0.0613. The van der Waals surface area contributed by atoms with Crippen molar-refractivity contribution in [2.45, 2.75) is 6.42 Å². The molecular weight excluding hydrogens is 324 g/mol. The lowest BCUT2D eigenvalue weighted by molar-refractivity contribution is 0.103. The molecule has 4 heteroatoms. The minimum absolute atomic E-state index is 0.0613. The Balaban J connectivity index is 2.02. The van der Waals surface area contributed by atoms with Crippen molar-refractivity contribution in [1.29, 1.82) is 0 Å². The van der Waals surface area contributed by atoms with E-state index in [0.717, 1.165) is 15.6 Å². The number of rotatable bonds is 1. The second-order valence-electron chi connectivity index (χ2n) is 4.29. The molecule has 96 valence electrons. The van der Waals surface area contributed by atoms with Crippen LogP contribution in [0.5, 0.6) is 5.75 Å². The molecule has 0 spiro atoms. The van der Waals surface area contributed by atoms with Crippen molar-refractivity contribution < 1.29 is 9.53 Å². The zero-order valence-electron chi connectivity index (χ0n) is 10.1. The van der Waals surface area contributed by atoms with Crippen molar-refractivity contribution in [3.05, 3.63) is 56.2 Å². The third-order valence-electron chi connectivity index (χ3n) is 2.99. The van der Waals surface area contributed by atoms with E-state index in [-0.39, 0.29) is 5.78 Å². The molecule has 0 bridgehead atoms. The van der Waals surface area contributed by atoms with Gasteiger partial charge in [-0.2, -0.15) is 11.3 Å². The van der Waals surface area contributed by atoms with Crippen molar-refractivity contribution in [3.8, 4) is 5.75 Å². The fourth-order valence-corrected chi connectivity index (χ4v) is 3.01. The molecule has 0 radical (unpaired) electrons. The molecule has 0 saturated heterocycles. The number of Topliss-reactive ketones (excluding diaryl/α,β-unsaturated/α-hetero) is 1. The van der Waals surface area contributed by atoms with Crippen LogP contribution in [-0.4, -0.2) is 12.4 Å². The topological polar surface area (TPSA) is 26.3 Å². The van der Waals surface area contributed by atoms with E-state index in [1.807, 2.05) is 41.1 Å². The van der Waals surface area contributed by atoms with Crippen LogP contribution in [0.1, 0.15) is 22.3 Å². The number of hydrogen-bond donors (Lipinski definition) is 0. The van der Waals surface area contributed by atoms with E-state index in [4.69, 9.17) is 4.74 Å². The number of ether oxygens (including phenoxy) is 1. The summed E-state index contributed by atoms with van der Waals surface area (Å²) in [6.45, 7) is 0.533. The van der Waals surface area contributed by atoms with Crippen molar-refractivity contribution in [2.75, 3.05) is 6.61 Å².